The molecule has 0 aliphatic carbocycles. The third-order valence-electron chi connectivity index (χ3n) is 2.06. The molecule has 1 aromatic rings. The Bertz CT molecular complexity index is 424. The van der Waals surface area contributed by atoms with Gasteiger partial charge in [-0.3, -0.25) is 9.59 Å². The van der Waals surface area contributed by atoms with Gasteiger partial charge in [0.2, 0.25) is 11.8 Å². The summed E-state index contributed by atoms with van der Waals surface area (Å²) >= 11 is 0. The lowest BCUT2D eigenvalue weighted by Gasteiger charge is -2.06. The van der Waals surface area contributed by atoms with E-state index in [1.165, 1.54) is 25.3 Å². The molecular weight excluding hydrogens is 239 g/mol. The van der Waals surface area contributed by atoms with Crippen LogP contribution in [0.2, 0.25) is 0 Å². The van der Waals surface area contributed by atoms with Crippen molar-refractivity contribution in [3.63, 3.8) is 0 Å². The third-order valence-corrected chi connectivity index (χ3v) is 2.06. The van der Waals surface area contributed by atoms with Gasteiger partial charge in [-0.05, 0) is 18.2 Å². The van der Waals surface area contributed by atoms with Crippen LogP contribution in [0.3, 0.4) is 0 Å². The highest BCUT2D eigenvalue weighted by Gasteiger charge is 2.09. The average molecular weight is 254 g/mol. The Balaban J connectivity index is 2.35. The van der Waals surface area contributed by atoms with Crippen molar-refractivity contribution >= 4 is 17.5 Å². The second-order valence-electron chi connectivity index (χ2n) is 3.58. The molecule has 0 fully saturated rings. The zero-order valence-electron chi connectivity index (χ0n) is 10.0. The number of benzene rings is 1. The fraction of sp³-hybridized carbons (Fsp3) is 0.333. The van der Waals surface area contributed by atoms with Crippen molar-refractivity contribution in [2.24, 2.45) is 0 Å². The van der Waals surface area contributed by atoms with Gasteiger partial charge in [0, 0.05) is 19.3 Å². The Labute approximate surface area is 104 Å². The molecule has 0 aromatic heterocycles. The topological polar surface area (TPSA) is 67.4 Å². The van der Waals surface area contributed by atoms with E-state index in [4.69, 9.17) is 4.74 Å². The normalized spacial score (nSPS) is 9.89. The van der Waals surface area contributed by atoms with Gasteiger partial charge in [-0.15, -0.1) is 0 Å². The summed E-state index contributed by atoms with van der Waals surface area (Å²) in [5.41, 5.74) is 0.324. The van der Waals surface area contributed by atoms with Gasteiger partial charge in [0.25, 0.3) is 0 Å². The maximum Gasteiger partial charge on any atom is 0.233 e. The Kier molecular flexibility index (Phi) is 5.79. The lowest BCUT2D eigenvalue weighted by atomic mass is 10.3. The Hall–Kier alpha value is -1.95. The maximum absolute atomic E-state index is 12.8. The van der Waals surface area contributed by atoms with Crippen molar-refractivity contribution in [2.75, 3.05) is 25.6 Å². The standard InChI is InChI=1S/C12H15FN2O3/c1-18-6-5-14-11(16)8-12(17)15-10-4-2-3-9(13)7-10/h2-4,7H,5-6,8H2,1H3,(H,14,16)(H,15,17). The summed E-state index contributed by atoms with van der Waals surface area (Å²) < 4.78 is 17.6. The summed E-state index contributed by atoms with van der Waals surface area (Å²) in [7, 11) is 1.52. The number of amides is 2. The highest BCUT2D eigenvalue weighted by molar-refractivity contribution is 6.03. The first-order valence-corrected chi connectivity index (χ1v) is 5.43. The number of nitrogens with one attached hydrogen (secondary N) is 2. The SMILES string of the molecule is COCCNC(=O)CC(=O)Nc1cccc(F)c1. The van der Waals surface area contributed by atoms with E-state index in [1.54, 1.807) is 6.07 Å². The lowest BCUT2D eigenvalue weighted by Crippen LogP contribution is -2.30. The van der Waals surface area contributed by atoms with Crippen molar-refractivity contribution < 1.29 is 18.7 Å². The van der Waals surface area contributed by atoms with E-state index in [1.807, 2.05) is 0 Å². The molecule has 0 unspecified atom stereocenters. The number of anilines is 1. The van der Waals surface area contributed by atoms with Gasteiger partial charge >= 0.3 is 0 Å². The van der Waals surface area contributed by atoms with Gasteiger partial charge in [0.15, 0.2) is 0 Å². The molecular formula is C12H15FN2O3. The summed E-state index contributed by atoms with van der Waals surface area (Å²) in [6.45, 7) is 0.736. The highest BCUT2D eigenvalue weighted by Crippen LogP contribution is 2.09. The maximum atomic E-state index is 12.8. The average Bonchev–Trinajstić information content (AvgIpc) is 2.29. The first-order chi connectivity index (χ1) is 8.61. The van der Waals surface area contributed by atoms with Crippen molar-refractivity contribution in [3.8, 4) is 0 Å². The summed E-state index contributed by atoms with van der Waals surface area (Å²) in [6.07, 6.45) is -0.305. The number of methoxy groups -OCH3 is 1. The molecule has 0 aliphatic rings. The second-order valence-corrected chi connectivity index (χ2v) is 3.58. The summed E-state index contributed by atoms with van der Waals surface area (Å²) in [6, 6.07) is 5.47. The summed E-state index contributed by atoms with van der Waals surface area (Å²) in [5.74, 6) is -1.34. The number of hydrogen-bond acceptors (Lipinski definition) is 3. The first-order valence-electron chi connectivity index (χ1n) is 5.43. The van der Waals surface area contributed by atoms with Crippen molar-refractivity contribution in [3.05, 3.63) is 30.1 Å². The molecule has 0 aliphatic heterocycles. The minimum Gasteiger partial charge on any atom is -0.383 e. The highest BCUT2D eigenvalue weighted by atomic mass is 19.1. The smallest absolute Gasteiger partial charge is 0.233 e. The molecule has 6 heteroatoms. The quantitative estimate of drug-likeness (QED) is 0.586. The summed E-state index contributed by atoms with van der Waals surface area (Å²) in [5, 5.41) is 4.95. The molecule has 0 bridgehead atoms. The van der Waals surface area contributed by atoms with Crippen LogP contribution < -0.4 is 10.6 Å². The van der Waals surface area contributed by atoms with Crippen LogP contribution in [0.1, 0.15) is 6.42 Å². The van der Waals surface area contributed by atoms with E-state index in [9.17, 15) is 14.0 Å². The van der Waals surface area contributed by atoms with E-state index in [2.05, 4.69) is 10.6 Å². The molecule has 0 heterocycles. The van der Waals surface area contributed by atoms with E-state index < -0.39 is 17.6 Å². The van der Waals surface area contributed by atoms with E-state index in [-0.39, 0.29) is 6.42 Å². The predicted molar refractivity (Wildman–Crippen MR) is 64.5 cm³/mol. The molecule has 2 N–H and O–H groups in total. The largest absolute Gasteiger partial charge is 0.383 e. The predicted octanol–water partition coefficient (Wildman–Crippen LogP) is 0.917. The number of halogens is 1. The van der Waals surface area contributed by atoms with Crippen LogP contribution in [-0.4, -0.2) is 32.1 Å². The van der Waals surface area contributed by atoms with Crippen molar-refractivity contribution in [1.29, 1.82) is 0 Å². The molecule has 5 nitrogen and oxygen atoms in total. The molecule has 0 saturated carbocycles. The van der Waals surface area contributed by atoms with Crippen LogP contribution >= 0.6 is 0 Å². The fourth-order valence-corrected chi connectivity index (χ4v) is 1.27. The summed E-state index contributed by atoms with van der Waals surface area (Å²) in [4.78, 5) is 22.7. The zero-order valence-corrected chi connectivity index (χ0v) is 10.0. The lowest BCUT2D eigenvalue weighted by molar-refractivity contribution is -0.126. The van der Waals surface area contributed by atoms with Gasteiger partial charge in [0.05, 0.1) is 6.61 Å². The fourth-order valence-electron chi connectivity index (χ4n) is 1.27. The van der Waals surface area contributed by atoms with Gasteiger partial charge in [-0.25, -0.2) is 4.39 Å². The van der Waals surface area contributed by atoms with Crippen LogP contribution in [0.15, 0.2) is 24.3 Å². The van der Waals surface area contributed by atoms with E-state index >= 15 is 0 Å². The van der Waals surface area contributed by atoms with Gasteiger partial charge in [-0.2, -0.15) is 0 Å². The molecule has 1 aromatic carbocycles. The molecule has 2 amide bonds. The monoisotopic (exact) mass is 254 g/mol. The molecule has 0 spiro atoms. The minimum absolute atomic E-state index is 0.305. The van der Waals surface area contributed by atoms with Gasteiger partial charge in [-0.1, -0.05) is 6.07 Å². The molecule has 0 atom stereocenters. The second kappa shape index (κ2) is 7.39. The van der Waals surface area contributed by atoms with E-state index in [0.717, 1.165) is 0 Å². The molecule has 0 radical (unpaired) electrons. The van der Waals surface area contributed by atoms with Crippen LogP contribution in [0, 0.1) is 5.82 Å². The van der Waals surface area contributed by atoms with Gasteiger partial charge < -0.3 is 15.4 Å². The Morgan fingerprint density at radius 1 is 1.33 bits per heavy atom. The van der Waals surface area contributed by atoms with Crippen molar-refractivity contribution in [2.45, 2.75) is 6.42 Å². The molecule has 0 saturated heterocycles. The zero-order chi connectivity index (χ0) is 13.4. The van der Waals surface area contributed by atoms with Crippen LogP contribution in [0.4, 0.5) is 10.1 Å². The Morgan fingerprint density at radius 2 is 2.11 bits per heavy atom. The molecule has 98 valence electrons. The van der Waals surface area contributed by atoms with E-state index in [0.29, 0.717) is 18.8 Å². The first kappa shape index (κ1) is 14.1. The number of carbonyl (C=O) groups excluding carboxylic acids is 2. The van der Waals surface area contributed by atoms with Crippen LogP contribution in [0.5, 0.6) is 0 Å². The molecule has 18 heavy (non-hydrogen) atoms. The third kappa shape index (κ3) is 5.40. The minimum atomic E-state index is -0.490. The van der Waals surface area contributed by atoms with Gasteiger partial charge in [0.1, 0.15) is 12.2 Å². The molecule has 1 rings (SSSR count). The number of hydrogen-bond donors (Lipinski definition) is 2. The number of ether oxygens (including phenoxy) is 1. The Morgan fingerprint density at radius 3 is 2.78 bits per heavy atom. The number of carbonyl (C=O) groups is 2. The van der Waals surface area contributed by atoms with Crippen LogP contribution in [-0.2, 0) is 14.3 Å². The van der Waals surface area contributed by atoms with Crippen LogP contribution in [0.25, 0.3) is 0 Å². The van der Waals surface area contributed by atoms with Crippen molar-refractivity contribution in [1.82, 2.24) is 5.32 Å². The number of rotatable bonds is 6.